The van der Waals surface area contributed by atoms with Gasteiger partial charge in [0.05, 0.1) is 24.4 Å². The Morgan fingerprint density at radius 2 is 1.10 bits per heavy atom. The Labute approximate surface area is 177 Å². The first kappa shape index (κ1) is 22.9. The highest BCUT2D eigenvalue weighted by molar-refractivity contribution is 5.98. The third kappa shape index (κ3) is 7.54. The van der Waals surface area contributed by atoms with Gasteiger partial charge in [-0.05, 0) is 6.42 Å². The van der Waals surface area contributed by atoms with Gasteiger partial charge in [-0.1, -0.05) is 48.5 Å². The van der Waals surface area contributed by atoms with E-state index in [0.717, 1.165) is 0 Å². The molecule has 0 saturated carbocycles. The average Bonchev–Trinajstić information content (AvgIpc) is 2.74. The van der Waals surface area contributed by atoms with Crippen molar-refractivity contribution < 1.29 is 29.4 Å². The number of nitrogens with one attached hydrogen (secondary N) is 2. The lowest BCUT2D eigenvalue weighted by Crippen LogP contribution is -2.24. The maximum absolute atomic E-state index is 11.8. The Bertz CT molecular complexity index is 951. The molecular formula is C21H18N4O6-2. The largest absolute Gasteiger partial charge is 0.545 e. The van der Waals surface area contributed by atoms with Crippen LogP contribution in [0.5, 0.6) is 0 Å². The molecule has 160 valence electrons. The number of carboxylic acid groups (broad SMARTS) is 2. The Kier molecular flexibility index (Phi) is 8.59. The Morgan fingerprint density at radius 1 is 0.710 bits per heavy atom. The molecule has 0 aliphatic carbocycles. The summed E-state index contributed by atoms with van der Waals surface area (Å²) in [7, 11) is 0. The number of rotatable bonds is 10. The summed E-state index contributed by atoms with van der Waals surface area (Å²) in [6.07, 6.45) is 2.60. The summed E-state index contributed by atoms with van der Waals surface area (Å²) < 4.78 is 0. The van der Waals surface area contributed by atoms with Crippen molar-refractivity contribution in [2.24, 2.45) is 10.2 Å². The van der Waals surface area contributed by atoms with E-state index in [0.29, 0.717) is 0 Å². The third-order valence-electron chi connectivity index (χ3n) is 3.95. The van der Waals surface area contributed by atoms with Crippen molar-refractivity contribution in [1.29, 1.82) is 0 Å². The smallest absolute Gasteiger partial charge is 0.240 e. The molecule has 2 aromatic rings. The van der Waals surface area contributed by atoms with Crippen molar-refractivity contribution in [2.45, 2.75) is 19.3 Å². The van der Waals surface area contributed by atoms with Crippen molar-refractivity contribution in [3.63, 3.8) is 0 Å². The van der Waals surface area contributed by atoms with Crippen LogP contribution in [0.15, 0.2) is 58.7 Å². The molecule has 31 heavy (non-hydrogen) atoms. The second-order valence-corrected chi connectivity index (χ2v) is 6.19. The summed E-state index contributed by atoms with van der Waals surface area (Å²) in [6, 6.07) is 12.1. The van der Waals surface area contributed by atoms with E-state index < -0.39 is 23.8 Å². The molecule has 0 aliphatic heterocycles. The van der Waals surface area contributed by atoms with Gasteiger partial charge in [-0.15, -0.1) is 0 Å². The lowest BCUT2D eigenvalue weighted by atomic mass is 10.1. The van der Waals surface area contributed by atoms with Gasteiger partial charge in [-0.2, -0.15) is 10.2 Å². The van der Waals surface area contributed by atoms with Gasteiger partial charge in [-0.25, -0.2) is 10.9 Å². The molecule has 0 fully saturated rings. The number of nitrogens with zero attached hydrogens (tertiary/aromatic N) is 2. The molecule has 0 radical (unpaired) electrons. The van der Waals surface area contributed by atoms with Crippen molar-refractivity contribution in [2.75, 3.05) is 0 Å². The number of carboxylic acids is 2. The molecule has 0 aromatic heterocycles. The molecule has 10 nitrogen and oxygen atoms in total. The fourth-order valence-electron chi connectivity index (χ4n) is 2.46. The van der Waals surface area contributed by atoms with Crippen LogP contribution in [0.2, 0.25) is 0 Å². The van der Waals surface area contributed by atoms with Crippen LogP contribution in [-0.2, 0) is 9.59 Å². The maximum Gasteiger partial charge on any atom is 0.240 e. The summed E-state index contributed by atoms with van der Waals surface area (Å²) in [4.78, 5) is 45.5. The SMILES string of the molecule is O=C(CCCC(=O)NN=Cc1ccccc1C(=O)[O-])NN=Cc1ccccc1C(=O)[O-]. The van der Waals surface area contributed by atoms with E-state index in [2.05, 4.69) is 21.1 Å². The first-order valence-electron chi connectivity index (χ1n) is 9.13. The molecule has 0 heterocycles. The summed E-state index contributed by atoms with van der Waals surface area (Å²) in [5.74, 6) is -3.63. The highest BCUT2D eigenvalue weighted by atomic mass is 16.4. The lowest BCUT2D eigenvalue weighted by molar-refractivity contribution is -0.256. The zero-order valence-electron chi connectivity index (χ0n) is 16.2. The minimum Gasteiger partial charge on any atom is -0.545 e. The third-order valence-corrected chi connectivity index (χ3v) is 3.95. The van der Waals surface area contributed by atoms with E-state index in [4.69, 9.17) is 0 Å². The topological polar surface area (TPSA) is 163 Å². The molecule has 2 rings (SSSR count). The van der Waals surface area contributed by atoms with Crippen LogP contribution in [0.3, 0.4) is 0 Å². The number of amides is 2. The van der Waals surface area contributed by atoms with Gasteiger partial charge in [0.2, 0.25) is 11.8 Å². The van der Waals surface area contributed by atoms with Gasteiger partial charge >= 0.3 is 0 Å². The average molecular weight is 422 g/mol. The number of hydrazone groups is 2. The van der Waals surface area contributed by atoms with Crippen molar-refractivity contribution in [1.82, 2.24) is 10.9 Å². The predicted octanol–water partition coefficient (Wildman–Crippen LogP) is -0.816. The highest BCUT2D eigenvalue weighted by Crippen LogP contribution is 2.05. The van der Waals surface area contributed by atoms with E-state index >= 15 is 0 Å². The summed E-state index contributed by atoms with van der Waals surface area (Å²) >= 11 is 0. The molecule has 2 aromatic carbocycles. The predicted molar refractivity (Wildman–Crippen MR) is 107 cm³/mol. The summed E-state index contributed by atoms with van der Waals surface area (Å²) in [5, 5.41) is 29.4. The molecule has 0 spiro atoms. The van der Waals surface area contributed by atoms with Gasteiger partial charge in [-0.3, -0.25) is 9.59 Å². The Balaban J connectivity index is 1.73. The Hall–Kier alpha value is -4.34. The zero-order chi connectivity index (χ0) is 22.6. The molecule has 2 amide bonds. The number of carbonyl (C=O) groups is 4. The van der Waals surface area contributed by atoms with Gasteiger partial charge < -0.3 is 19.8 Å². The van der Waals surface area contributed by atoms with Gasteiger partial charge in [0, 0.05) is 35.1 Å². The van der Waals surface area contributed by atoms with E-state index in [9.17, 15) is 29.4 Å². The number of hydrogen-bond donors (Lipinski definition) is 2. The monoisotopic (exact) mass is 422 g/mol. The summed E-state index contributed by atoms with van der Waals surface area (Å²) in [6.45, 7) is 0. The molecule has 0 aliphatic rings. The molecule has 0 unspecified atom stereocenters. The fourth-order valence-corrected chi connectivity index (χ4v) is 2.46. The second-order valence-electron chi connectivity index (χ2n) is 6.19. The first-order valence-corrected chi connectivity index (χ1v) is 9.13. The van der Waals surface area contributed by atoms with Crippen LogP contribution in [0.25, 0.3) is 0 Å². The highest BCUT2D eigenvalue weighted by Gasteiger charge is 2.05. The van der Waals surface area contributed by atoms with E-state index in [1.165, 1.54) is 48.8 Å². The summed E-state index contributed by atoms with van der Waals surface area (Å²) in [5.41, 5.74) is 4.94. The van der Waals surface area contributed by atoms with Crippen LogP contribution < -0.4 is 21.1 Å². The normalized spacial score (nSPS) is 10.8. The number of carbonyl (C=O) groups excluding carboxylic acids is 4. The number of hydrogen-bond acceptors (Lipinski definition) is 8. The molecule has 0 saturated heterocycles. The van der Waals surface area contributed by atoms with Crippen molar-refractivity contribution >= 4 is 36.2 Å². The number of benzene rings is 2. The van der Waals surface area contributed by atoms with Crippen molar-refractivity contribution in [3.05, 3.63) is 70.8 Å². The van der Waals surface area contributed by atoms with Crippen LogP contribution in [0.1, 0.15) is 51.1 Å². The quantitative estimate of drug-likeness (QED) is 0.375. The maximum atomic E-state index is 11.8. The zero-order valence-corrected chi connectivity index (χ0v) is 16.2. The van der Waals surface area contributed by atoms with Gasteiger partial charge in [0.15, 0.2) is 0 Å². The van der Waals surface area contributed by atoms with E-state index in [1.807, 2.05) is 0 Å². The van der Waals surface area contributed by atoms with Crippen LogP contribution in [0.4, 0.5) is 0 Å². The van der Waals surface area contributed by atoms with Crippen molar-refractivity contribution in [3.8, 4) is 0 Å². The van der Waals surface area contributed by atoms with Gasteiger partial charge in [0.1, 0.15) is 0 Å². The fraction of sp³-hybridized carbons (Fsp3) is 0.143. The van der Waals surface area contributed by atoms with Crippen LogP contribution in [0, 0.1) is 0 Å². The molecular weight excluding hydrogens is 404 g/mol. The number of aromatic carboxylic acids is 2. The van der Waals surface area contributed by atoms with Crippen LogP contribution >= 0.6 is 0 Å². The Morgan fingerprint density at radius 3 is 1.48 bits per heavy atom. The second kappa shape index (κ2) is 11.6. The minimum atomic E-state index is -1.36. The first-order chi connectivity index (χ1) is 14.9. The van der Waals surface area contributed by atoms with Gasteiger partial charge in [0.25, 0.3) is 0 Å². The van der Waals surface area contributed by atoms with E-state index in [-0.39, 0.29) is 41.5 Å². The molecule has 0 bridgehead atoms. The molecule has 10 heteroatoms. The molecule has 0 atom stereocenters. The van der Waals surface area contributed by atoms with E-state index in [1.54, 1.807) is 12.1 Å². The minimum absolute atomic E-state index is 0.00409. The molecule has 2 N–H and O–H groups in total. The standard InChI is InChI=1S/C21H20N4O6/c26-18(24-22-12-14-6-1-3-8-16(14)20(28)29)10-5-11-19(27)25-23-13-15-7-2-4-9-17(15)21(30)31/h1-4,6-9,12-13H,5,10-11H2,(H,24,26)(H,25,27)(H,28,29)(H,30,31)/p-2. The lowest BCUT2D eigenvalue weighted by Gasteiger charge is -2.06. The van der Waals surface area contributed by atoms with Crippen LogP contribution in [-0.4, -0.2) is 36.2 Å².